The van der Waals surface area contributed by atoms with Gasteiger partial charge in [-0.25, -0.2) is 4.99 Å². The fourth-order valence-corrected chi connectivity index (χ4v) is 3.59. The molecule has 0 unspecified atom stereocenters. The van der Waals surface area contributed by atoms with Crippen LogP contribution in [-0.4, -0.2) is 24.5 Å². The molecule has 0 N–H and O–H groups in total. The molecule has 0 atom stereocenters. The zero-order chi connectivity index (χ0) is 18.7. The van der Waals surface area contributed by atoms with Crippen molar-refractivity contribution in [1.29, 1.82) is 0 Å². The molecule has 3 rings (SSSR count). The maximum absolute atomic E-state index is 6.15. The first-order chi connectivity index (χ1) is 12.4. The lowest BCUT2D eigenvalue weighted by Crippen LogP contribution is -2.11. The molecular formula is C21H25N3OSi. The molecule has 0 aliphatic rings. The highest BCUT2D eigenvalue weighted by molar-refractivity contribution is 6.49. The summed E-state index contributed by atoms with van der Waals surface area (Å²) in [4.78, 5) is 5.03. The van der Waals surface area contributed by atoms with Crippen molar-refractivity contribution < 1.29 is 4.43 Å². The summed E-state index contributed by atoms with van der Waals surface area (Å²) in [5, 5.41) is 4.50. The molecule has 0 saturated carbocycles. The Morgan fingerprint density at radius 1 is 1.08 bits per heavy atom. The molecule has 0 bridgehead atoms. The van der Waals surface area contributed by atoms with Crippen molar-refractivity contribution in [1.82, 2.24) is 9.78 Å². The van der Waals surface area contributed by atoms with Gasteiger partial charge >= 0.3 is 0 Å². The molecule has 1 heterocycles. The van der Waals surface area contributed by atoms with Gasteiger partial charge in [0.25, 0.3) is 0 Å². The van der Waals surface area contributed by atoms with Gasteiger partial charge in [0.2, 0.25) is 9.04 Å². The zero-order valence-corrected chi connectivity index (χ0v) is 17.2. The number of nitrogens with zero attached hydrogens (tertiary/aromatic N) is 3. The minimum atomic E-state index is -1.23. The van der Waals surface area contributed by atoms with Gasteiger partial charge in [0.15, 0.2) is 0 Å². The van der Waals surface area contributed by atoms with Crippen molar-refractivity contribution in [2.45, 2.75) is 26.9 Å². The molecule has 2 aromatic carbocycles. The zero-order valence-electron chi connectivity index (χ0n) is 16.0. The predicted molar refractivity (Wildman–Crippen MR) is 110 cm³/mol. The molecule has 0 saturated heterocycles. The van der Waals surface area contributed by atoms with E-state index >= 15 is 0 Å². The van der Waals surface area contributed by atoms with Gasteiger partial charge < -0.3 is 4.43 Å². The maximum Gasteiger partial charge on any atom is 0.229 e. The van der Waals surface area contributed by atoms with Crippen LogP contribution >= 0.6 is 0 Å². The van der Waals surface area contributed by atoms with E-state index in [1.54, 1.807) is 0 Å². The Labute approximate surface area is 156 Å². The van der Waals surface area contributed by atoms with Crippen molar-refractivity contribution in [2.75, 3.05) is 0 Å². The number of aromatic nitrogens is 2. The molecule has 134 valence electrons. The molecule has 1 aromatic heterocycles. The molecule has 4 nitrogen and oxygen atoms in total. The summed E-state index contributed by atoms with van der Waals surface area (Å²) >= 11 is 0. The quantitative estimate of drug-likeness (QED) is 0.492. The Balaban J connectivity index is 2.18. The average molecular weight is 364 g/mol. The van der Waals surface area contributed by atoms with Crippen LogP contribution in [0.5, 0.6) is 5.75 Å². The topological polar surface area (TPSA) is 39.4 Å². The van der Waals surface area contributed by atoms with Crippen LogP contribution < -0.4 is 4.43 Å². The van der Waals surface area contributed by atoms with Gasteiger partial charge in [-0.05, 0) is 44.6 Å². The lowest BCUT2D eigenvalue weighted by molar-refractivity contribution is 0.581. The van der Waals surface area contributed by atoms with Crippen molar-refractivity contribution in [3.05, 3.63) is 77.1 Å². The summed E-state index contributed by atoms with van der Waals surface area (Å²) < 4.78 is 7.98. The predicted octanol–water partition coefficient (Wildman–Crippen LogP) is 4.57. The summed E-state index contributed by atoms with van der Waals surface area (Å²) in [6, 6.07) is 16.4. The van der Waals surface area contributed by atoms with Crippen LogP contribution in [0.25, 0.3) is 0 Å². The highest BCUT2D eigenvalue weighted by Crippen LogP contribution is 2.31. The first-order valence-corrected chi connectivity index (χ1v) is 11.6. The van der Waals surface area contributed by atoms with Crippen molar-refractivity contribution in [3.8, 4) is 5.75 Å². The van der Waals surface area contributed by atoms with Gasteiger partial charge in [0, 0.05) is 24.4 Å². The smallest absolute Gasteiger partial charge is 0.229 e. The molecule has 0 fully saturated rings. The second kappa shape index (κ2) is 7.70. The minimum Gasteiger partial charge on any atom is -0.546 e. The number of hydrogen-bond donors (Lipinski definition) is 0. The van der Waals surface area contributed by atoms with E-state index in [0.29, 0.717) is 0 Å². The Hall–Kier alpha value is -2.66. The van der Waals surface area contributed by atoms with Gasteiger partial charge in [-0.3, -0.25) is 4.68 Å². The Morgan fingerprint density at radius 3 is 2.42 bits per heavy atom. The minimum absolute atomic E-state index is 0.860. The number of aryl methyl sites for hydroxylation is 3. The summed E-state index contributed by atoms with van der Waals surface area (Å²) in [5.74, 6) is 0.863. The number of rotatable bonds is 5. The Morgan fingerprint density at radius 2 is 1.81 bits per heavy atom. The van der Waals surface area contributed by atoms with E-state index in [0.717, 1.165) is 34.0 Å². The molecule has 26 heavy (non-hydrogen) atoms. The van der Waals surface area contributed by atoms with E-state index in [2.05, 4.69) is 49.4 Å². The fourth-order valence-electron chi connectivity index (χ4n) is 2.89. The van der Waals surface area contributed by atoms with Crippen molar-refractivity contribution >= 4 is 20.4 Å². The Bertz CT molecular complexity index is 930. The van der Waals surface area contributed by atoms with Gasteiger partial charge in [-0.1, -0.05) is 36.4 Å². The van der Waals surface area contributed by atoms with Crippen LogP contribution in [0, 0.1) is 13.8 Å². The maximum atomic E-state index is 6.15. The monoisotopic (exact) mass is 363 g/mol. The van der Waals surface area contributed by atoms with Gasteiger partial charge in [-0.15, -0.1) is 0 Å². The third-order valence-corrected chi connectivity index (χ3v) is 4.75. The normalized spacial score (nSPS) is 11.8. The summed E-state index contributed by atoms with van der Waals surface area (Å²) in [6.07, 6.45) is 2.02. The van der Waals surface area contributed by atoms with E-state index in [4.69, 9.17) is 9.42 Å². The first kappa shape index (κ1) is 18.1. The molecular weight excluding hydrogens is 338 g/mol. The fraction of sp³-hybridized carbons (Fsp3) is 0.238. The van der Waals surface area contributed by atoms with Crippen LogP contribution in [-0.2, 0) is 7.05 Å². The highest BCUT2D eigenvalue weighted by Gasteiger charge is 2.15. The second-order valence-corrected chi connectivity index (χ2v) is 9.10. The largest absolute Gasteiger partial charge is 0.546 e. The van der Waals surface area contributed by atoms with Crippen LogP contribution in [0.4, 0.5) is 5.69 Å². The van der Waals surface area contributed by atoms with Gasteiger partial charge in [-0.2, -0.15) is 5.10 Å². The summed E-state index contributed by atoms with van der Waals surface area (Å²) in [5.41, 5.74) is 6.01. The molecule has 0 aliphatic heterocycles. The van der Waals surface area contributed by atoms with E-state index in [1.807, 2.05) is 49.1 Å². The SMILES string of the molecule is Cc1ccc(N=C(c2ccccc2)c2cn(C)nc2C)c(O[SiH](C)C)c1. The molecule has 0 amide bonds. The summed E-state index contributed by atoms with van der Waals surface area (Å²) in [6.45, 7) is 8.42. The summed E-state index contributed by atoms with van der Waals surface area (Å²) in [7, 11) is 0.704. The highest BCUT2D eigenvalue weighted by atomic mass is 28.3. The lowest BCUT2D eigenvalue weighted by atomic mass is 10.0. The van der Waals surface area contributed by atoms with Crippen LogP contribution in [0.1, 0.15) is 22.4 Å². The van der Waals surface area contributed by atoms with E-state index in [-0.39, 0.29) is 0 Å². The van der Waals surface area contributed by atoms with Gasteiger partial charge in [0.1, 0.15) is 11.4 Å². The van der Waals surface area contributed by atoms with Crippen LogP contribution in [0.2, 0.25) is 13.1 Å². The van der Waals surface area contributed by atoms with E-state index in [1.165, 1.54) is 5.56 Å². The first-order valence-electron chi connectivity index (χ1n) is 8.86. The number of aliphatic imine (C=N–C) groups is 1. The molecule has 0 spiro atoms. The van der Waals surface area contributed by atoms with E-state index < -0.39 is 9.04 Å². The molecule has 3 aromatic rings. The molecule has 5 heteroatoms. The number of benzene rings is 2. The van der Waals surface area contributed by atoms with Crippen molar-refractivity contribution in [2.24, 2.45) is 12.0 Å². The van der Waals surface area contributed by atoms with Crippen LogP contribution in [0.15, 0.2) is 59.7 Å². The van der Waals surface area contributed by atoms with E-state index in [9.17, 15) is 0 Å². The lowest BCUT2D eigenvalue weighted by Gasteiger charge is -2.14. The van der Waals surface area contributed by atoms with Crippen molar-refractivity contribution in [3.63, 3.8) is 0 Å². The molecule has 0 aliphatic carbocycles. The third kappa shape index (κ3) is 4.11. The Kier molecular flexibility index (Phi) is 5.37. The van der Waals surface area contributed by atoms with Gasteiger partial charge in [0.05, 0.1) is 11.4 Å². The third-order valence-electron chi connectivity index (χ3n) is 4.03. The standard InChI is InChI=1S/C21H25N3OSi/c1-15-11-12-19(20(13-15)25-26(4)5)22-21(17-9-7-6-8-10-17)18-14-24(3)23-16(18)2/h6-14,26H,1-5H3. The second-order valence-electron chi connectivity index (χ2n) is 6.77. The van der Waals surface area contributed by atoms with Crippen LogP contribution in [0.3, 0.4) is 0 Å². The molecule has 0 radical (unpaired) electrons. The average Bonchev–Trinajstić information content (AvgIpc) is 2.92. The number of hydrogen-bond acceptors (Lipinski definition) is 3.